The number of nitrogens with zero attached hydrogens (tertiary/aromatic N) is 4. The summed E-state index contributed by atoms with van der Waals surface area (Å²) in [6.07, 6.45) is 9.43. The lowest BCUT2D eigenvalue weighted by Gasteiger charge is -2.34. The molecule has 1 aromatic heterocycles. The third kappa shape index (κ3) is 4.41. The summed E-state index contributed by atoms with van der Waals surface area (Å²) in [5, 5.41) is 0. The minimum atomic E-state index is 0.305. The molecule has 148 valence electrons. The Kier molecular flexibility index (Phi) is 6.01. The third-order valence-electron chi connectivity index (χ3n) is 6.15. The van der Waals surface area contributed by atoms with Crippen molar-refractivity contribution in [3.8, 4) is 11.3 Å². The topological polar surface area (TPSA) is 49.3 Å². The van der Waals surface area contributed by atoms with Crippen molar-refractivity contribution >= 4 is 5.91 Å². The quantitative estimate of drug-likeness (QED) is 0.815. The van der Waals surface area contributed by atoms with Crippen LogP contribution < -0.4 is 0 Å². The van der Waals surface area contributed by atoms with Crippen LogP contribution in [0.4, 0.5) is 0 Å². The van der Waals surface area contributed by atoms with Gasteiger partial charge in [0.1, 0.15) is 0 Å². The van der Waals surface area contributed by atoms with Crippen LogP contribution in [0.5, 0.6) is 0 Å². The zero-order valence-electron chi connectivity index (χ0n) is 16.8. The zero-order chi connectivity index (χ0) is 19.3. The molecular weight excluding hydrogens is 348 g/mol. The Morgan fingerprint density at radius 1 is 1.04 bits per heavy atom. The molecule has 5 heteroatoms. The van der Waals surface area contributed by atoms with Crippen molar-refractivity contribution in [2.45, 2.75) is 44.9 Å². The SMILES string of the molecule is Cc1ccccc1-c1cncc(C2CCN(CC(=O)N3CCCCC3)CC2)n1. The van der Waals surface area contributed by atoms with E-state index in [1.807, 2.05) is 17.3 Å². The Morgan fingerprint density at radius 3 is 2.54 bits per heavy atom. The Bertz CT molecular complexity index is 808. The number of aromatic nitrogens is 2. The molecule has 0 N–H and O–H groups in total. The number of hydrogen-bond acceptors (Lipinski definition) is 4. The van der Waals surface area contributed by atoms with Crippen LogP contribution in [0, 0.1) is 6.92 Å². The van der Waals surface area contributed by atoms with Gasteiger partial charge in [0.2, 0.25) is 5.91 Å². The Hall–Kier alpha value is -2.27. The largest absolute Gasteiger partial charge is 0.342 e. The molecule has 2 aliphatic heterocycles. The van der Waals surface area contributed by atoms with E-state index in [0.29, 0.717) is 18.4 Å². The molecule has 4 rings (SSSR count). The molecule has 3 heterocycles. The maximum Gasteiger partial charge on any atom is 0.236 e. The first-order valence-corrected chi connectivity index (χ1v) is 10.6. The molecule has 0 aliphatic carbocycles. The molecule has 1 aromatic carbocycles. The van der Waals surface area contributed by atoms with Gasteiger partial charge in [0.25, 0.3) is 0 Å². The van der Waals surface area contributed by atoms with Crippen LogP contribution in [0.1, 0.15) is 49.3 Å². The number of carbonyl (C=O) groups excluding carboxylic acids is 1. The van der Waals surface area contributed by atoms with Crippen molar-refractivity contribution < 1.29 is 4.79 Å². The summed E-state index contributed by atoms with van der Waals surface area (Å²) >= 11 is 0. The second-order valence-electron chi connectivity index (χ2n) is 8.14. The maximum atomic E-state index is 12.5. The van der Waals surface area contributed by atoms with E-state index < -0.39 is 0 Å². The van der Waals surface area contributed by atoms with E-state index in [0.717, 1.165) is 68.8 Å². The van der Waals surface area contributed by atoms with Gasteiger partial charge in [-0.15, -0.1) is 0 Å². The summed E-state index contributed by atoms with van der Waals surface area (Å²) in [7, 11) is 0. The molecule has 5 nitrogen and oxygen atoms in total. The van der Waals surface area contributed by atoms with E-state index in [9.17, 15) is 4.79 Å². The number of rotatable bonds is 4. The predicted molar refractivity (Wildman–Crippen MR) is 111 cm³/mol. The fraction of sp³-hybridized carbons (Fsp3) is 0.522. The van der Waals surface area contributed by atoms with Crippen molar-refractivity contribution in [2.24, 2.45) is 0 Å². The summed E-state index contributed by atoms with van der Waals surface area (Å²) in [6.45, 7) is 6.48. The molecule has 0 atom stereocenters. The summed E-state index contributed by atoms with van der Waals surface area (Å²) in [4.78, 5) is 26.3. The van der Waals surface area contributed by atoms with Crippen LogP contribution >= 0.6 is 0 Å². The van der Waals surface area contributed by atoms with Crippen LogP contribution in [0.3, 0.4) is 0 Å². The molecule has 0 radical (unpaired) electrons. The van der Waals surface area contributed by atoms with Gasteiger partial charge in [-0.25, -0.2) is 4.98 Å². The molecule has 1 amide bonds. The summed E-state index contributed by atoms with van der Waals surface area (Å²) < 4.78 is 0. The minimum Gasteiger partial charge on any atom is -0.342 e. The van der Waals surface area contributed by atoms with Crippen molar-refractivity contribution in [3.05, 3.63) is 47.9 Å². The van der Waals surface area contributed by atoms with E-state index in [4.69, 9.17) is 4.98 Å². The number of piperidine rings is 2. The number of hydrogen-bond donors (Lipinski definition) is 0. The number of carbonyl (C=O) groups is 1. The number of benzene rings is 1. The number of likely N-dealkylation sites (tertiary alicyclic amines) is 2. The highest BCUT2D eigenvalue weighted by molar-refractivity contribution is 5.78. The lowest BCUT2D eigenvalue weighted by atomic mass is 9.93. The average Bonchev–Trinajstić information content (AvgIpc) is 2.75. The van der Waals surface area contributed by atoms with E-state index in [1.165, 1.54) is 12.0 Å². The fourth-order valence-corrected chi connectivity index (χ4v) is 4.39. The second-order valence-corrected chi connectivity index (χ2v) is 8.14. The van der Waals surface area contributed by atoms with Crippen molar-refractivity contribution in [1.29, 1.82) is 0 Å². The van der Waals surface area contributed by atoms with Gasteiger partial charge in [-0.05, 0) is 57.7 Å². The third-order valence-corrected chi connectivity index (χ3v) is 6.15. The summed E-state index contributed by atoms with van der Waals surface area (Å²) in [5.74, 6) is 0.734. The van der Waals surface area contributed by atoms with Gasteiger partial charge in [-0.3, -0.25) is 14.7 Å². The lowest BCUT2D eigenvalue weighted by molar-refractivity contribution is -0.133. The van der Waals surface area contributed by atoms with Crippen molar-refractivity contribution in [3.63, 3.8) is 0 Å². The van der Waals surface area contributed by atoms with Crippen molar-refractivity contribution in [2.75, 3.05) is 32.7 Å². The van der Waals surface area contributed by atoms with Crippen LogP contribution in [0.25, 0.3) is 11.3 Å². The van der Waals surface area contributed by atoms with Gasteiger partial charge in [0.15, 0.2) is 0 Å². The highest BCUT2D eigenvalue weighted by Crippen LogP contribution is 2.28. The van der Waals surface area contributed by atoms with Gasteiger partial charge >= 0.3 is 0 Å². The molecule has 0 bridgehead atoms. The van der Waals surface area contributed by atoms with Gasteiger partial charge in [0.05, 0.1) is 24.1 Å². The smallest absolute Gasteiger partial charge is 0.236 e. The lowest BCUT2D eigenvalue weighted by Crippen LogP contribution is -2.44. The Labute approximate surface area is 167 Å². The van der Waals surface area contributed by atoms with Gasteiger partial charge < -0.3 is 4.90 Å². The summed E-state index contributed by atoms with van der Waals surface area (Å²) in [6, 6.07) is 8.32. The average molecular weight is 379 g/mol. The van der Waals surface area contributed by atoms with E-state index in [1.54, 1.807) is 0 Å². The molecule has 2 aromatic rings. The van der Waals surface area contributed by atoms with Crippen LogP contribution in [0.2, 0.25) is 0 Å². The first-order chi connectivity index (χ1) is 13.7. The normalized spacial score (nSPS) is 19.0. The minimum absolute atomic E-state index is 0.305. The number of amides is 1. The van der Waals surface area contributed by atoms with Crippen LogP contribution in [0.15, 0.2) is 36.7 Å². The Balaban J connectivity index is 1.36. The predicted octanol–water partition coefficient (Wildman–Crippen LogP) is 3.64. The first-order valence-electron chi connectivity index (χ1n) is 10.6. The number of aryl methyl sites for hydroxylation is 1. The monoisotopic (exact) mass is 378 g/mol. The van der Waals surface area contributed by atoms with E-state index in [2.05, 4.69) is 41.1 Å². The van der Waals surface area contributed by atoms with Crippen LogP contribution in [-0.4, -0.2) is 58.4 Å². The van der Waals surface area contributed by atoms with Gasteiger partial charge in [-0.2, -0.15) is 0 Å². The Morgan fingerprint density at radius 2 is 1.79 bits per heavy atom. The summed E-state index contributed by atoms with van der Waals surface area (Å²) in [5.41, 5.74) is 4.42. The molecular formula is C23H30N4O. The fourth-order valence-electron chi connectivity index (χ4n) is 4.39. The molecule has 0 saturated carbocycles. The molecule has 0 spiro atoms. The standard InChI is InChI=1S/C23H30N4O/c1-18-7-3-4-8-20(18)22-16-24-15-21(25-22)19-9-13-26(14-10-19)17-23(28)27-11-5-2-6-12-27/h3-4,7-8,15-16,19H,2,5-6,9-14,17H2,1H3. The zero-order valence-corrected chi connectivity index (χ0v) is 16.8. The van der Waals surface area contributed by atoms with E-state index in [-0.39, 0.29) is 0 Å². The highest BCUT2D eigenvalue weighted by Gasteiger charge is 2.25. The molecule has 0 unspecified atom stereocenters. The molecule has 2 saturated heterocycles. The van der Waals surface area contributed by atoms with E-state index >= 15 is 0 Å². The van der Waals surface area contributed by atoms with Crippen molar-refractivity contribution in [1.82, 2.24) is 19.8 Å². The molecule has 2 fully saturated rings. The first kappa shape index (κ1) is 19.1. The van der Waals surface area contributed by atoms with Gasteiger partial charge in [0, 0.05) is 30.8 Å². The van der Waals surface area contributed by atoms with Gasteiger partial charge in [-0.1, -0.05) is 24.3 Å². The molecule has 2 aliphatic rings. The molecule has 28 heavy (non-hydrogen) atoms. The van der Waals surface area contributed by atoms with Crippen LogP contribution in [-0.2, 0) is 4.79 Å². The maximum absolute atomic E-state index is 12.5. The highest BCUT2D eigenvalue weighted by atomic mass is 16.2. The second kappa shape index (κ2) is 8.82.